The van der Waals surface area contributed by atoms with Gasteiger partial charge < -0.3 is 10.4 Å². The lowest BCUT2D eigenvalue weighted by Crippen LogP contribution is -2.42. The number of amides is 1. The zero-order valence-electron chi connectivity index (χ0n) is 17.9. The fraction of sp³-hybridized carbons (Fsp3) is 0.0909. The maximum absolute atomic E-state index is 13.2. The summed E-state index contributed by atoms with van der Waals surface area (Å²) in [5.74, 6) is -2.07. The monoisotopic (exact) mass is 628 g/mol. The first-order chi connectivity index (χ1) is 17.0. The Morgan fingerprint density at radius 1 is 1.06 bits per heavy atom. The minimum absolute atomic E-state index is 0.0549. The first kappa shape index (κ1) is 26.3. The molecule has 0 bridgehead atoms. The van der Waals surface area contributed by atoms with Crippen LogP contribution >= 0.6 is 50.9 Å². The minimum Gasteiger partial charge on any atom is -0.480 e. The summed E-state index contributed by atoms with van der Waals surface area (Å²) in [5.41, 5.74) is 1.02. The lowest BCUT2D eigenvalue weighted by molar-refractivity contribution is -0.139. The van der Waals surface area contributed by atoms with Gasteiger partial charge in [-0.05, 0) is 48.0 Å². The van der Waals surface area contributed by atoms with Crippen molar-refractivity contribution in [1.82, 2.24) is 14.1 Å². The summed E-state index contributed by atoms with van der Waals surface area (Å²) in [5, 5.41) is 12.7. The Balaban J connectivity index is 1.62. The second kappa shape index (κ2) is 10.7. The molecule has 0 radical (unpaired) electrons. The van der Waals surface area contributed by atoms with E-state index in [-0.39, 0.29) is 33.1 Å². The largest absolute Gasteiger partial charge is 0.480 e. The van der Waals surface area contributed by atoms with Gasteiger partial charge in [-0.1, -0.05) is 51.3 Å². The number of carbonyl (C=O) groups is 2. The van der Waals surface area contributed by atoms with Crippen LogP contribution in [0.3, 0.4) is 0 Å². The van der Waals surface area contributed by atoms with E-state index >= 15 is 0 Å². The molecule has 3 N–H and O–H groups in total. The Morgan fingerprint density at radius 3 is 2.56 bits per heavy atom. The van der Waals surface area contributed by atoms with Crippen LogP contribution in [-0.4, -0.2) is 40.2 Å². The summed E-state index contributed by atoms with van der Waals surface area (Å²) in [6, 6.07) is 12.2. The molecule has 0 aliphatic rings. The van der Waals surface area contributed by atoms with Gasteiger partial charge in [-0.15, -0.1) is 0 Å². The molecule has 36 heavy (non-hydrogen) atoms. The molecular formula is C22H15BrCl2N4O5S2. The summed E-state index contributed by atoms with van der Waals surface area (Å²) < 4.78 is 37.4. The molecule has 0 aliphatic carbocycles. The predicted molar refractivity (Wildman–Crippen MR) is 141 cm³/mol. The molecule has 4 aromatic rings. The van der Waals surface area contributed by atoms with Crippen molar-refractivity contribution < 1.29 is 23.1 Å². The van der Waals surface area contributed by atoms with Gasteiger partial charge in [-0.3, -0.25) is 9.52 Å². The van der Waals surface area contributed by atoms with Crippen molar-refractivity contribution in [2.45, 2.75) is 17.4 Å². The van der Waals surface area contributed by atoms with E-state index in [1.807, 2.05) is 0 Å². The Morgan fingerprint density at radius 2 is 1.83 bits per heavy atom. The van der Waals surface area contributed by atoms with Gasteiger partial charge in [0.2, 0.25) is 0 Å². The number of hydrogen-bond donors (Lipinski definition) is 3. The van der Waals surface area contributed by atoms with Crippen LogP contribution in [0.2, 0.25) is 10.0 Å². The van der Waals surface area contributed by atoms with Crippen LogP contribution in [0.5, 0.6) is 0 Å². The second-order valence-electron chi connectivity index (χ2n) is 7.50. The van der Waals surface area contributed by atoms with Crippen molar-refractivity contribution in [1.29, 1.82) is 0 Å². The van der Waals surface area contributed by atoms with Crippen molar-refractivity contribution in [3.8, 4) is 0 Å². The van der Waals surface area contributed by atoms with E-state index in [1.54, 1.807) is 12.1 Å². The second-order valence-corrected chi connectivity index (χ2v) is 11.4. The Labute approximate surface area is 228 Å². The molecular weight excluding hydrogens is 615 g/mol. The van der Waals surface area contributed by atoms with Gasteiger partial charge in [-0.2, -0.15) is 8.75 Å². The third-order valence-electron chi connectivity index (χ3n) is 5.04. The molecule has 0 saturated carbocycles. The van der Waals surface area contributed by atoms with Crippen molar-refractivity contribution in [3.63, 3.8) is 0 Å². The molecule has 9 nitrogen and oxygen atoms in total. The number of anilines is 1. The van der Waals surface area contributed by atoms with Crippen LogP contribution in [-0.2, 0) is 21.2 Å². The molecule has 1 heterocycles. The van der Waals surface area contributed by atoms with Gasteiger partial charge in [0.1, 0.15) is 22.0 Å². The average Bonchev–Trinajstić information content (AvgIpc) is 3.29. The minimum atomic E-state index is -4.17. The SMILES string of the molecule is O=C(N[C@@H](Cc1ccc(Cl)c(Cl)c1)C(=O)O)c1ccc(Br)cc1NS(=O)(=O)c1cccc2nsnc12. The number of halogens is 3. The van der Waals surface area contributed by atoms with E-state index in [2.05, 4.69) is 34.7 Å². The summed E-state index contributed by atoms with van der Waals surface area (Å²) in [7, 11) is -4.17. The maximum Gasteiger partial charge on any atom is 0.326 e. The van der Waals surface area contributed by atoms with E-state index in [4.69, 9.17) is 23.2 Å². The van der Waals surface area contributed by atoms with Gasteiger partial charge in [0.25, 0.3) is 15.9 Å². The zero-order chi connectivity index (χ0) is 26.0. The highest BCUT2D eigenvalue weighted by Crippen LogP contribution is 2.28. The van der Waals surface area contributed by atoms with E-state index in [1.165, 1.54) is 42.5 Å². The van der Waals surface area contributed by atoms with E-state index < -0.39 is 27.9 Å². The molecule has 0 spiro atoms. The Kier molecular flexibility index (Phi) is 7.81. The first-order valence-electron chi connectivity index (χ1n) is 10.1. The topological polar surface area (TPSA) is 138 Å². The van der Waals surface area contributed by atoms with Crippen LogP contribution in [0.15, 0.2) is 64.0 Å². The van der Waals surface area contributed by atoms with Gasteiger partial charge in [-0.25, -0.2) is 13.2 Å². The predicted octanol–water partition coefficient (Wildman–Crippen LogP) is 4.99. The van der Waals surface area contributed by atoms with Crippen molar-refractivity contribution in [2.24, 2.45) is 0 Å². The Hall–Kier alpha value is -2.77. The van der Waals surface area contributed by atoms with Crippen LogP contribution in [0.25, 0.3) is 11.0 Å². The number of sulfonamides is 1. The fourth-order valence-electron chi connectivity index (χ4n) is 3.34. The van der Waals surface area contributed by atoms with Gasteiger partial charge >= 0.3 is 5.97 Å². The molecule has 0 aliphatic heterocycles. The number of carboxylic acids is 1. The smallest absolute Gasteiger partial charge is 0.326 e. The van der Waals surface area contributed by atoms with Gasteiger partial charge in [0.15, 0.2) is 0 Å². The van der Waals surface area contributed by atoms with Crippen molar-refractivity contribution in [3.05, 3.63) is 80.2 Å². The van der Waals surface area contributed by atoms with Crippen molar-refractivity contribution in [2.75, 3.05) is 4.72 Å². The summed E-state index contributed by atoms with van der Waals surface area (Å²) in [4.78, 5) is 24.9. The molecule has 4 rings (SSSR count). The van der Waals surface area contributed by atoms with Crippen molar-refractivity contribution >= 4 is 89.5 Å². The first-order valence-corrected chi connectivity index (χ1v) is 13.8. The van der Waals surface area contributed by atoms with Gasteiger partial charge in [0, 0.05) is 10.9 Å². The van der Waals surface area contributed by atoms with Crippen LogP contribution in [0.4, 0.5) is 5.69 Å². The normalized spacial score (nSPS) is 12.3. The molecule has 3 aromatic carbocycles. The number of rotatable bonds is 8. The van der Waals surface area contributed by atoms with E-state index in [0.717, 1.165) is 11.7 Å². The number of nitrogens with one attached hydrogen (secondary N) is 2. The number of fused-ring (bicyclic) bond motifs is 1. The molecule has 1 aromatic heterocycles. The van der Waals surface area contributed by atoms with E-state index in [9.17, 15) is 23.1 Å². The highest BCUT2D eigenvalue weighted by atomic mass is 79.9. The summed E-state index contributed by atoms with van der Waals surface area (Å²) in [6.07, 6.45) is -0.0750. The lowest BCUT2D eigenvalue weighted by atomic mass is 10.1. The fourth-order valence-corrected chi connectivity index (χ4v) is 5.86. The highest BCUT2D eigenvalue weighted by Gasteiger charge is 2.26. The molecule has 1 amide bonds. The molecule has 0 saturated heterocycles. The number of carbonyl (C=O) groups excluding carboxylic acids is 1. The summed E-state index contributed by atoms with van der Waals surface area (Å²) in [6.45, 7) is 0. The zero-order valence-corrected chi connectivity index (χ0v) is 22.6. The molecule has 186 valence electrons. The van der Waals surface area contributed by atoms with Crippen LogP contribution in [0.1, 0.15) is 15.9 Å². The number of carboxylic acid groups (broad SMARTS) is 1. The maximum atomic E-state index is 13.2. The lowest BCUT2D eigenvalue weighted by Gasteiger charge is -2.17. The number of nitrogens with zero attached hydrogens (tertiary/aromatic N) is 2. The summed E-state index contributed by atoms with van der Waals surface area (Å²) >= 11 is 16.1. The van der Waals surface area contributed by atoms with Crippen LogP contribution < -0.4 is 10.0 Å². The third kappa shape index (κ3) is 5.79. The number of benzene rings is 3. The standard InChI is InChI=1S/C22H15BrCl2N4O5S2/c23-12-5-6-13(21(30)26-18(22(31)32)9-11-4-7-14(24)15(25)8-11)17(10-12)29-36(33,34)19-3-1-2-16-20(19)28-35-27-16/h1-8,10,18,29H,9H2,(H,26,30)(H,31,32)/t18-/m0/s1. The quantitative estimate of drug-likeness (QED) is 0.250. The molecule has 0 unspecified atom stereocenters. The molecule has 1 atom stereocenters. The Bertz CT molecular complexity index is 1600. The number of aromatic nitrogens is 2. The average molecular weight is 630 g/mol. The van der Waals surface area contributed by atoms with Gasteiger partial charge in [0.05, 0.1) is 33.0 Å². The molecule has 0 fully saturated rings. The number of aliphatic carboxylic acids is 1. The molecule has 14 heteroatoms. The third-order valence-corrected chi connectivity index (χ3v) is 8.21. The van der Waals surface area contributed by atoms with E-state index in [0.29, 0.717) is 20.6 Å². The number of hydrogen-bond acceptors (Lipinski definition) is 7. The highest BCUT2D eigenvalue weighted by molar-refractivity contribution is 9.10. The van der Waals surface area contributed by atoms with Crippen LogP contribution in [0, 0.1) is 0 Å².